The third-order valence-corrected chi connectivity index (χ3v) is 6.46. The third-order valence-electron chi connectivity index (χ3n) is 5.33. The molecule has 29 heavy (non-hydrogen) atoms. The minimum atomic E-state index is -0.112. The number of thiazole rings is 1. The van der Waals surface area contributed by atoms with Gasteiger partial charge in [0.2, 0.25) is 0 Å². The number of amides is 1. The lowest BCUT2D eigenvalue weighted by Gasteiger charge is -2.04. The molecule has 0 fully saturated rings. The lowest BCUT2D eigenvalue weighted by atomic mass is 10.0. The maximum absolute atomic E-state index is 12.9. The van der Waals surface area contributed by atoms with Crippen LogP contribution in [0.15, 0.2) is 83.9 Å². The number of aromatic nitrogens is 1. The quantitative estimate of drug-likeness (QED) is 0.385. The molecule has 3 nitrogen and oxygen atoms in total. The van der Waals surface area contributed by atoms with Gasteiger partial charge in [-0.3, -0.25) is 4.79 Å². The van der Waals surface area contributed by atoms with Gasteiger partial charge in [-0.25, -0.2) is 0 Å². The Morgan fingerprint density at radius 1 is 0.862 bits per heavy atom. The zero-order chi connectivity index (χ0) is 19.8. The summed E-state index contributed by atoms with van der Waals surface area (Å²) in [6, 6.07) is 26.9. The van der Waals surface area contributed by atoms with Gasteiger partial charge in [0.25, 0.3) is 5.91 Å². The first-order valence-corrected chi connectivity index (χ1v) is 10.6. The van der Waals surface area contributed by atoms with Crippen LogP contribution in [0.1, 0.15) is 12.5 Å². The maximum atomic E-state index is 12.9. The molecule has 4 aromatic carbocycles. The van der Waals surface area contributed by atoms with Gasteiger partial charge in [0.1, 0.15) is 0 Å². The molecule has 0 N–H and O–H groups in total. The number of benzene rings is 4. The minimum absolute atomic E-state index is 0.112. The number of carbonyl (C=O) groups excluding carboxylic acids is 1. The highest BCUT2D eigenvalue weighted by Gasteiger charge is 2.11. The van der Waals surface area contributed by atoms with Crippen molar-refractivity contribution in [2.45, 2.75) is 19.9 Å². The first kappa shape index (κ1) is 17.8. The van der Waals surface area contributed by atoms with Gasteiger partial charge in [-0.1, -0.05) is 84.1 Å². The first-order valence-electron chi connectivity index (χ1n) is 9.80. The summed E-state index contributed by atoms with van der Waals surface area (Å²) in [4.78, 5) is 18.1. The summed E-state index contributed by atoms with van der Waals surface area (Å²) in [5.41, 5.74) is 2.15. The van der Waals surface area contributed by atoms with Crippen molar-refractivity contribution < 1.29 is 4.79 Å². The predicted octanol–water partition coefficient (Wildman–Crippen LogP) is 5.70. The van der Waals surface area contributed by atoms with Crippen LogP contribution in [-0.4, -0.2) is 10.5 Å². The molecule has 0 atom stereocenters. The average Bonchev–Trinajstić information content (AvgIpc) is 3.11. The Kier molecular flexibility index (Phi) is 4.49. The molecule has 0 aliphatic carbocycles. The molecule has 5 aromatic rings. The van der Waals surface area contributed by atoms with Crippen molar-refractivity contribution in [1.82, 2.24) is 4.57 Å². The molecule has 0 bridgehead atoms. The van der Waals surface area contributed by atoms with Crippen molar-refractivity contribution in [2.75, 3.05) is 0 Å². The van der Waals surface area contributed by atoms with Crippen LogP contribution in [-0.2, 0) is 17.8 Å². The van der Waals surface area contributed by atoms with Crippen molar-refractivity contribution in [3.63, 3.8) is 0 Å². The van der Waals surface area contributed by atoms with Crippen molar-refractivity contribution in [3.05, 3.63) is 89.2 Å². The van der Waals surface area contributed by atoms with E-state index >= 15 is 0 Å². The molecular formula is C25H20N2OS. The van der Waals surface area contributed by atoms with Gasteiger partial charge in [0.05, 0.1) is 16.6 Å². The normalized spacial score (nSPS) is 12.2. The second-order valence-electron chi connectivity index (χ2n) is 7.08. The van der Waals surface area contributed by atoms with Gasteiger partial charge >= 0.3 is 0 Å². The van der Waals surface area contributed by atoms with Crippen LogP contribution in [0.3, 0.4) is 0 Å². The molecule has 1 amide bonds. The summed E-state index contributed by atoms with van der Waals surface area (Å²) >= 11 is 1.60. The number of hydrogen-bond acceptors (Lipinski definition) is 2. The summed E-state index contributed by atoms with van der Waals surface area (Å²) in [6.45, 7) is 2.87. The highest BCUT2D eigenvalue weighted by molar-refractivity contribution is 7.17. The standard InChI is InChI=1S/C25H20N2OS/c1-2-27-22-15-14-18-9-4-6-13-21(18)24(22)29-25(27)26-23(28)16-19-11-7-10-17-8-3-5-12-20(17)19/h3-15H,2,16H2,1H3. The second-order valence-corrected chi connectivity index (χ2v) is 8.06. The fraction of sp³-hybridized carbons (Fsp3) is 0.120. The van der Waals surface area contributed by atoms with Crippen molar-refractivity contribution in [1.29, 1.82) is 0 Å². The molecule has 5 rings (SSSR count). The number of hydrogen-bond donors (Lipinski definition) is 0. The first-order chi connectivity index (χ1) is 14.2. The molecular weight excluding hydrogens is 376 g/mol. The van der Waals surface area contributed by atoms with E-state index in [0.29, 0.717) is 6.42 Å². The van der Waals surface area contributed by atoms with Crippen molar-refractivity contribution in [2.24, 2.45) is 4.99 Å². The summed E-state index contributed by atoms with van der Waals surface area (Å²) in [7, 11) is 0. The zero-order valence-corrected chi connectivity index (χ0v) is 16.9. The minimum Gasteiger partial charge on any atom is -0.317 e. The molecule has 142 valence electrons. The Morgan fingerprint density at radius 2 is 1.55 bits per heavy atom. The van der Waals surface area contributed by atoms with E-state index < -0.39 is 0 Å². The van der Waals surface area contributed by atoms with Crippen molar-refractivity contribution in [3.8, 4) is 0 Å². The molecule has 1 aromatic heterocycles. The fourth-order valence-corrected chi connectivity index (χ4v) is 5.19. The SMILES string of the molecule is CCn1c(=NC(=O)Cc2cccc3ccccc23)sc2c3ccccc3ccc21. The van der Waals surface area contributed by atoms with E-state index in [0.717, 1.165) is 33.2 Å². The van der Waals surface area contributed by atoms with E-state index in [1.54, 1.807) is 11.3 Å². The van der Waals surface area contributed by atoms with Crippen LogP contribution < -0.4 is 4.80 Å². The van der Waals surface area contributed by atoms with Crippen LogP contribution in [0.25, 0.3) is 31.8 Å². The highest BCUT2D eigenvalue weighted by Crippen LogP contribution is 2.27. The Labute approximate surface area is 172 Å². The van der Waals surface area contributed by atoms with Gasteiger partial charge in [-0.2, -0.15) is 4.99 Å². The summed E-state index contributed by atoms with van der Waals surface area (Å²) in [5, 5.41) is 4.68. The van der Waals surface area contributed by atoms with E-state index in [1.165, 1.54) is 15.5 Å². The number of rotatable bonds is 3. The smallest absolute Gasteiger partial charge is 0.252 e. The third kappa shape index (κ3) is 3.15. The van der Waals surface area contributed by atoms with Crippen LogP contribution >= 0.6 is 11.3 Å². The second kappa shape index (κ2) is 7.30. The predicted molar refractivity (Wildman–Crippen MR) is 121 cm³/mol. The molecule has 0 aliphatic heterocycles. The summed E-state index contributed by atoms with van der Waals surface area (Å²) in [6.07, 6.45) is 0.306. The Morgan fingerprint density at radius 3 is 2.34 bits per heavy atom. The van der Waals surface area contributed by atoms with Gasteiger partial charge in [0.15, 0.2) is 4.80 Å². The summed E-state index contributed by atoms with van der Waals surface area (Å²) < 4.78 is 3.31. The van der Waals surface area contributed by atoms with Gasteiger partial charge in [-0.05, 0) is 34.7 Å². The molecule has 0 spiro atoms. The van der Waals surface area contributed by atoms with Crippen LogP contribution in [0.5, 0.6) is 0 Å². The molecule has 4 heteroatoms. The van der Waals surface area contributed by atoms with E-state index in [2.05, 4.69) is 71.1 Å². The van der Waals surface area contributed by atoms with Crippen LogP contribution in [0.2, 0.25) is 0 Å². The molecule has 0 unspecified atom stereocenters. The zero-order valence-electron chi connectivity index (χ0n) is 16.1. The Balaban J connectivity index is 1.61. The van der Waals surface area contributed by atoms with E-state index in [9.17, 15) is 4.79 Å². The maximum Gasteiger partial charge on any atom is 0.252 e. The molecule has 0 saturated carbocycles. The van der Waals surface area contributed by atoms with Gasteiger partial charge in [-0.15, -0.1) is 0 Å². The number of carbonyl (C=O) groups is 1. The van der Waals surface area contributed by atoms with Gasteiger partial charge < -0.3 is 4.57 Å². The molecule has 0 saturated heterocycles. The highest BCUT2D eigenvalue weighted by atomic mass is 32.1. The molecule has 1 heterocycles. The fourth-order valence-electron chi connectivity index (χ4n) is 3.95. The topological polar surface area (TPSA) is 34.4 Å². The van der Waals surface area contributed by atoms with Crippen molar-refractivity contribution >= 4 is 49.0 Å². The number of aryl methyl sites for hydroxylation is 1. The van der Waals surface area contributed by atoms with E-state index in [1.807, 2.05) is 24.3 Å². The summed E-state index contributed by atoms with van der Waals surface area (Å²) in [5.74, 6) is -0.112. The van der Waals surface area contributed by atoms with Crippen LogP contribution in [0.4, 0.5) is 0 Å². The van der Waals surface area contributed by atoms with E-state index in [4.69, 9.17) is 0 Å². The Bertz CT molecular complexity index is 1440. The molecule has 0 radical (unpaired) electrons. The van der Waals surface area contributed by atoms with Gasteiger partial charge in [0, 0.05) is 11.9 Å². The number of nitrogens with zero attached hydrogens (tertiary/aromatic N) is 2. The Hall–Kier alpha value is -3.24. The van der Waals surface area contributed by atoms with E-state index in [-0.39, 0.29) is 5.91 Å². The lowest BCUT2D eigenvalue weighted by Crippen LogP contribution is -2.16. The number of fused-ring (bicyclic) bond motifs is 4. The monoisotopic (exact) mass is 396 g/mol. The van der Waals surface area contributed by atoms with Crippen LogP contribution in [0, 0.1) is 0 Å². The lowest BCUT2D eigenvalue weighted by molar-refractivity contribution is -0.117. The largest absolute Gasteiger partial charge is 0.317 e. The molecule has 0 aliphatic rings. The average molecular weight is 397 g/mol.